The Morgan fingerprint density at radius 3 is 1.90 bits per heavy atom. The monoisotopic (exact) mass is 336 g/mol. The first-order chi connectivity index (χ1) is 9.87. The van der Waals surface area contributed by atoms with Crippen LogP contribution < -0.4 is 11.5 Å². The lowest BCUT2D eigenvalue weighted by atomic mass is 10.3. The Bertz CT molecular complexity index is 292. The average Bonchev–Trinajstić information content (AvgIpc) is 2.42. The van der Waals surface area contributed by atoms with Gasteiger partial charge in [-0.05, 0) is 37.4 Å². The molecule has 0 bridgehead atoms. The first-order valence-corrected chi connectivity index (χ1v) is 7.56. The smallest absolute Gasteiger partial charge is 0.253 e. The number of hydrogen-bond acceptors (Lipinski definition) is 5. The minimum absolute atomic E-state index is 0.0880. The van der Waals surface area contributed by atoms with Crippen molar-refractivity contribution in [2.45, 2.75) is 13.3 Å². The number of rotatable bonds is 4. The van der Waals surface area contributed by atoms with Crippen molar-refractivity contribution in [3.8, 4) is 0 Å². The molecule has 1 aliphatic heterocycles. The van der Waals surface area contributed by atoms with Crippen molar-refractivity contribution < 1.29 is 9.84 Å². The largest absolute Gasteiger partial charge is 0.487 e. The molecule has 124 valence electrons. The van der Waals surface area contributed by atoms with Gasteiger partial charge < -0.3 is 26.2 Å². The lowest BCUT2D eigenvalue weighted by Gasteiger charge is -2.33. The Hall–Kier alpha value is -0.960. The van der Waals surface area contributed by atoms with Crippen LogP contribution in [-0.4, -0.2) is 71.6 Å². The summed E-state index contributed by atoms with van der Waals surface area (Å²) >= 11 is 8.12. The summed E-state index contributed by atoms with van der Waals surface area (Å²) in [5, 5.41) is 7.15. The molecule has 0 aliphatic carbocycles. The minimum Gasteiger partial charge on any atom is -0.487 e. The van der Waals surface area contributed by atoms with E-state index >= 15 is 0 Å². The molecule has 1 saturated heterocycles. The Balaban J connectivity index is 0. The zero-order valence-corrected chi connectivity index (χ0v) is 14.6. The third kappa shape index (κ3) is 19.0. The molecular weight excluding hydrogens is 308 g/mol. The van der Waals surface area contributed by atoms with Gasteiger partial charge in [-0.2, -0.15) is 0 Å². The van der Waals surface area contributed by atoms with Crippen LogP contribution in [0.15, 0.2) is 12.7 Å². The molecule has 1 rings (SSSR count). The van der Waals surface area contributed by atoms with E-state index < -0.39 is 5.17 Å². The molecule has 0 saturated carbocycles. The van der Waals surface area contributed by atoms with Gasteiger partial charge in [-0.25, -0.2) is 0 Å². The van der Waals surface area contributed by atoms with Crippen LogP contribution >= 0.6 is 24.4 Å². The third-order valence-electron chi connectivity index (χ3n) is 2.59. The van der Waals surface area contributed by atoms with Gasteiger partial charge in [-0.15, -0.1) is 6.58 Å². The van der Waals surface area contributed by atoms with Crippen molar-refractivity contribution in [1.82, 2.24) is 9.80 Å². The fraction of sp³-hybridized carbons (Fsp3) is 0.692. The molecule has 0 aromatic carbocycles. The van der Waals surface area contributed by atoms with Crippen molar-refractivity contribution in [1.29, 1.82) is 0 Å². The first-order valence-electron chi connectivity index (χ1n) is 6.74. The van der Waals surface area contributed by atoms with Crippen molar-refractivity contribution in [2.24, 2.45) is 11.5 Å². The van der Waals surface area contributed by atoms with Crippen LogP contribution in [-0.2, 0) is 4.74 Å². The van der Waals surface area contributed by atoms with Gasteiger partial charge in [0.2, 0.25) is 0 Å². The number of nitrogens with two attached hydrogens (primary N) is 2. The summed E-state index contributed by atoms with van der Waals surface area (Å²) in [6.07, 6.45) is 3.27. The highest BCUT2D eigenvalue weighted by Gasteiger charge is 2.13. The molecule has 0 unspecified atom stereocenters. The lowest BCUT2D eigenvalue weighted by Crippen LogP contribution is -2.46. The van der Waals surface area contributed by atoms with Crippen LogP contribution in [0.3, 0.4) is 0 Å². The number of piperazine rings is 1. The summed E-state index contributed by atoms with van der Waals surface area (Å²) in [4.78, 5) is 5.00. The van der Waals surface area contributed by atoms with Crippen LogP contribution in [0.5, 0.6) is 0 Å². The van der Waals surface area contributed by atoms with Crippen LogP contribution in [0.2, 0.25) is 0 Å². The van der Waals surface area contributed by atoms with E-state index in [1.54, 1.807) is 0 Å². The predicted molar refractivity (Wildman–Crippen MR) is 96.6 cm³/mol. The molecule has 0 aromatic heterocycles. The van der Waals surface area contributed by atoms with E-state index in [4.69, 9.17) is 10.8 Å². The highest BCUT2D eigenvalue weighted by atomic mass is 32.1. The lowest BCUT2D eigenvalue weighted by molar-refractivity contribution is 0.143. The van der Waals surface area contributed by atoms with Gasteiger partial charge in [-0.1, -0.05) is 13.0 Å². The highest BCUT2D eigenvalue weighted by Crippen LogP contribution is 2.01. The fourth-order valence-corrected chi connectivity index (χ4v) is 1.69. The van der Waals surface area contributed by atoms with Gasteiger partial charge >= 0.3 is 0 Å². The second kappa shape index (κ2) is 15.4. The Morgan fingerprint density at radius 1 is 1.24 bits per heavy atom. The number of methoxy groups -OCH3 is 1. The van der Waals surface area contributed by atoms with Crippen molar-refractivity contribution >= 4 is 34.8 Å². The van der Waals surface area contributed by atoms with Gasteiger partial charge in [0.05, 0.1) is 7.11 Å². The number of nitrogens with zero attached hydrogens (tertiary/aromatic N) is 2. The van der Waals surface area contributed by atoms with Crippen molar-refractivity contribution in [2.75, 3.05) is 46.4 Å². The molecule has 6 nitrogen and oxygen atoms in total. The summed E-state index contributed by atoms with van der Waals surface area (Å²) in [5.74, 6) is 0. The van der Waals surface area contributed by atoms with Gasteiger partial charge in [0.15, 0.2) is 0 Å². The Labute approximate surface area is 138 Å². The number of aliphatic hydroxyl groups excluding tert-OH is 1. The zero-order valence-electron chi connectivity index (χ0n) is 13.0. The van der Waals surface area contributed by atoms with Gasteiger partial charge in [0, 0.05) is 32.7 Å². The third-order valence-corrected chi connectivity index (χ3v) is 2.76. The van der Waals surface area contributed by atoms with Crippen molar-refractivity contribution in [3.63, 3.8) is 0 Å². The van der Waals surface area contributed by atoms with Crippen LogP contribution in [0.1, 0.15) is 13.3 Å². The average molecular weight is 337 g/mol. The van der Waals surface area contributed by atoms with E-state index in [-0.39, 0.29) is 5.17 Å². The Kier molecular flexibility index (Phi) is 16.4. The molecule has 1 fully saturated rings. The summed E-state index contributed by atoms with van der Waals surface area (Å²) in [7, 11) is 1.43. The summed E-state index contributed by atoms with van der Waals surface area (Å²) in [6, 6.07) is 0. The maximum Gasteiger partial charge on any atom is 0.253 e. The summed E-state index contributed by atoms with van der Waals surface area (Å²) in [5.41, 5.74) is 9.20. The predicted octanol–water partition coefficient (Wildman–Crippen LogP) is 0.864. The number of aliphatic hydroxyl groups is 1. The SMILES string of the molecule is C=CCN1CCN(CCC)CC1.COC(N)=S.NC(O)=S. The molecule has 1 heterocycles. The maximum absolute atomic E-state index is 7.56. The maximum atomic E-state index is 7.56. The van der Waals surface area contributed by atoms with Crippen LogP contribution in [0.4, 0.5) is 0 Å². The normalized spacial score (nSPS) is 14.8. The number of thiocarbonyl (C=S) groups is 2. The van der Waals surface area contributed by atoms with E-state index in [0.717, 1.165) is 6.54 Å². The van der Waals surface area contributed by atoms with E-state index in [2.05, 4.69) is 58.2 Å². The second-order valence-electron chi connectivity index (χ2n) is 4.29. The molecule has 21 heavy (non-hydrogen) atoms. The molecule has 1 aliphatic rings. The fourth-order valence-electron chi connectivity index (χ4n) is 1.69. The van der Waals surface area contributed by atoms with E-state index in [0.29, 0.717) is 0 Å². The molecule has 0 spiro atoms. The van der Waals surface area contributed by atoms with E-state index in [1.165, 1.54) is 46.3 Å². The number of ether oxygens (including phenoxy) is 1. The molecule has 0 atom stereocenters. The minimum atomic E-state index is -0.500. The number of hydrogen-bond donors (Lipinski definition) is 3. The summed E-state index contributed by atoms with van der Waals surface area (Å²) < 4.78 is 4.26. The highest BCUT2D eigenvalue weighted by molar-refractivity contribution is 7.80. The second-order valence-corrected chi connectivity index (χ2v) is 5.11. The molecule has 8 heteroatoms. The van der Waals surface area contributed by atoms with Crippen molar-refractivity contribution in [3.05, 3.63) is 12.7 Å². The van der Waals surface area contributed by atoms with Gasteiger partial charge in [-0.3, -0.25) is 4.90 Å². The molecule has 0 aromatic rings. The van der Waals surface area contributed by atoms with Crippen LogP contribution in [0.25, 0.3) is 0 Å². The van der Waals surface area contributed by atoms with E-state index in [1.807, 2.05) is 6.08 Å². The Morgan fingerprint density at radius 2 is 1.62 bits per heavy atom. The molecule has 0 radical (unpaired) electrons. The molecule has 0 amide bonds. The quantitative estimate of drug-likeness (QED) is 0.515. The van der Waals surface area contributed by atoms with Crippen LogP contribution in [0, 0.1) is 0 Å². The first kappa shape index (κ1) is 22.3. The van der Waals surface area contributed by atoms with Gasteiger partial charge in [0.1, 0.15) is 0 Å². The van der Waals surface area contributed by atoms with E-state index in [9.17, 15) is 0 Å². The summed E-state index contributed by atoms with van der Waals surface area (Å²) in [6.45, 7) is 13.2. The molecular formula is C13H28N4O2S2. The van der Waals surface area contributed by atoms with Gasteiger partial charge in [0.25, 0.3) is 10.3 Å². The zero-order chi connectivity index (χ0) is 16.7. The topological polar surface area (TPSA) is 88.0 Å². The molecule has 5 N–H and O–H groups in total. The standard InChI is InChI=1S/C10H20N2.C2H5NOS.CH3NOS/c1-3-5-11-7-9-12(6-4-2)10-8-11;1-4-2(3)5;2-1(3)4/h3H,1,4-10H2,2H3;1H3,(H2,3,5);(H3,2,3,4).